The van der Waals surface area contributed by atoms with Gasteiger partial charge in [0, 0.05) is 15.9 Å². The number of halogens is 1. The predicted octanol–water partition coefficient (Wildman–Crippen LogP) is 6.88. The topological polar surface area (TPSA) is 9.23 Å². The van der Waals surface area contributed by atoms with E-state index in [1.165, 1.54) is 36.5 Å². The fraction of sp³-hybridized carbons (Fsp3) is 0.850. The van der Waals surface area contributed by atoms with Crippen molar-refractivity contribution in [1.82, 2.24) is 0 Å². The van der Waals surface area contributed by atoms with E-state index in [1.807, 2.05) is 0 Å². The molecule has 3 atom stereocenters. The molecule has 0 aromatic heterocycles. The summed E-state index contributed by atoms with van der Waals surface area (Å²) in [4.78, 5) is 0. The van der Waals surface area contributed by atoms with E-state index >= 15 is 0 Å². The van der Waals surface area contributed by atoms with Crippen molar-refractivity contribution in [2.45, 2.75) is 90.5 Å². The van der Waals surface area contributed by atoms with Crippen LogP contribution in [0.2, 0.25) is 18.1 Å². The van der Waals surface area contributed by atoms with Crippen LogP contribution in [-0.4, -0.2) is 18.8 Å². The fourth-order valence-corrected chi connectivity index (χ4v) is 5.82. The Bertz CT molecular complexity index is 484. The van der Waals surface area contributed by atoms with E-state index in [9.17, 15) is 0 Å². The zero-order chi connectivity index (χ0) is 17.3. The van der Waals surface area contributed by atoms with E-state index < -0.39 is 8.32 Å². The number of hydrogen-bond donors (Lipinski definition) is 0. The quantitative estimate of drug-likeness (QED) is 0.198. The zero-order valence-corrected chi connectivity index (χ0v) is 19.1. The Kier molecular flexibility index (Phi) is 6.31. The summed E-state index contributed by atoms with van der Waals surface area (Å²) >= 11 is 2.44. The molecule has 0 aliphatic heterocycles. The molecule has 2 aliphatic carbocycles. The molecule has 2 fully saturated rings. The lowest BCUT2D eigenvalue weighted by Crippen LogP contribution is -2.49. The van der Waals surface area contributed by atoms with Crippen LogP contribution < -0.4 is 0 Å². The van der Waals surface area contributed by atoms with Crippen molar-refractivity contribution in [3.8, 4) is 0 Å². The van der Waals surface area contributed by atoms with E-state index in [0.717, 1.165) is 6.42 Å². The first-order valence-corrected chi connectivity index (χ1v) is 13.7. The normalized spacial score (nSPS) is 31.7. The second-order valence-corrected chi connectivity index (χ2v) is 15.0. The SMILES string of the molecule is CC(C)(C)[Si](C)(C)O[C@H]1CCC[C@]2(C)C(=C=CCCI)CC[C@@H]12. The third-order valence-electron chi connectivity index (χ3n) is 6.63. The highest BCUT2D eigenvalue weighted by molar-refractivity contribution is 14.1. The van der Waals surface area contributed by atoms with Gasteiger partial charge in [-0.3, -0.25) is 0 Å². The Balaban J connectivity index is 2.20. The lowest BCUT2D eigenvalue weighted by atomic mass is 9.66. The van der Waals surface area contributed by atoms with Gasteiger partial charge in [-0.2, -0.15) is 0 Å². The van der Waals surface area contributed by atoms with Crippen LogP contribution >= 0.6 is 22.6 Å². The third-order valence-corrected chi connectivity index (χ3v) is 11.8. The van der Waals surface area contributed by atoms with Crippen molar-refractivity contribution in [3.63, 3.8) is 0 Å². The average molecular weight is 446 g/mol. The van der Waals surface area contributed by atoms with Gasteiger partial charge in [0.05, 0.1) is 0 Å². The second-order valence-electron chi connectivity index (χ2n) is 9.18. The number of alkyl halides is 1. The van der Waals surface area contributed by atoms with E-state index in [1.54, 1.807) is 5.57 Å². The summed E-state index contributed by atoms with van der Waals surface area (Å²) in [6, 6.07) is 0. The van der Waals surface area contributed by atoms with Crippen LogP contribution in [0, 0.1) is 11.3 Å². The lowest BCUT2D eigenvalue weighted by molar-refractivity contribution is 0.0234. The zero-order valence-electron chi connectivity index (χ0n) is 16.0. The molecule has 0 N–H and O–H groups in total. The van der Waals surface area contributed by atoms with Gasteiger partial charge in [0.1, 0.15) is 0 Å². The molecule has 0 spiro atoms. The van der Waals surface area contributed by atoms with Gasteiger partial charge in [-0.1, -0.05) is 56.7 Å². The summed E-state index contributed by atoms with van der Waals surface area (Å²) in [5.41, 5.74) is 5.60. The van der Waals surface area contributed by atoms with E-state index in [4.69, 9.17) is 4.43 Å². The molecule has 0 unspecified atom stereocenters. The standard InChI is InChI=1S/C20H35IOSi/c1-19(2,3)23(5,6)22-18-11-9-14-20(4)16(10-7-8-15-21)12-13-17(18)20/h7,17-18H,8-9,11-15H2,1-6H3/t10?,17-,18-,20+/m0/s1. The Morgan fingerprint density at radius 2 is 2.04 bits per heavy atom. The molecule has 2 rings (SSSR count). The van der Waals surface area contributed by atoms with Crippen molar-refractivity contribution < 1.29 is 4.43 Å². The van der Waals surface area contributed by atoms with Gasteiger partial charge in [0.15, 0.2) is 8.32 Å². The minimum atomic E-state index is -1.68. The van der Waals surface area contributed by atoms with Gasteiger partial charge < -0.3 is 4.43 Å². The number of fused-ring (bicyclic) bond motifs is 1. The number of hydrogen-bond acceptors (Lipinski definition) is 1. The number of allylic oxidation sites excluding steroid dienone is 1. The first-order valence-electron chi connectivity index (χ1n) is 9.30. The monoisotopic (exact) mass is 446 g/mol. The highest BCUT2D eigenvalue weighted by Gasteiger charge is 2.51. The Morgan fingerprint density at radius 3 is 2.65 bits per heavy atom. The van der Waals surface area contributed by atoms with Crippen molar-refractivity contribution in [2.75, 3.05) is 4.43 Å². The maximum Gasteiger partial charge on any atom is 0.192 e. The third kappa shape index (κ3) is 4.16. The highest BCUT2D eigenvalue weighted by Crippen LogP contribution is 2.56. The Hall–Kier alpha value is 0.427. The molecular formula is C20H35IOSi. The molecule has 23 heavy (non-hydrogen) atoms. The van der Waals surface area contributed by atoms with Crippen LogP contribution in [0.25, 0.3) is 0 Å². The van der Waals surface area contributed by atoms with E-state index in [2.05, 4.69) is 75.2 Å². The minimum absolute atomic E-state index is 0.304. The van der Waals surface area contributed by atoms with Gasteiger partial charge in [-0.15, -0.1) is 5.73 Å². The summed E-state index contributed by atoms with van der Waals surface area (Å²) < 4.78 is 8.07. The molecule has 1 nitrogen and oxygen atoms in total. The van der Waals surface area contributed by atoms with Gasteiger partial charge in [0.2, 0.25) is 0 Å². The molecule has 2 aliphatic rings. The smallest absolute Gasteiger partial charge is 0.192 e. The Morgan fingerprint density at radius 1 is 1.35 bits per heavy atom. The first-order chi connectivity index (χ1) is 10.6. The van der Waals surface area contributed by atoms with Crippen LogP contribution in [0.4, 0.5) is 0 Å². The van der Waals surface area contributed by atoms with Crippen LogP contribution in [-0.2, 0) is 4.43 Å². The van der Waals surface area contributed by atoms with E-state index in [0.29, 0.717) is 22.5 Å². The van der Waals surface area contributed by atoms with Gasteiger partial charge in [-0.05, 0) is 67.8 Å². The van der Waals surface area contributed by atoms with E-state index in [-0.39, 0.29) is 0 Å². The van der Waals surface area contributed by atoms with Crippen LogP contribution in [0.1, 0.15) is 66.2 Å². The highest BCUT2D eigenvalue weighted by atomic mass is 127. The fourth-order valence-electron chi connectivity index (χ4n) is 4.12. The minimum Gasteiger partial charge on any atom is -0.414 e. The van der Waals surface area contributed by atoms with Gasteiger partial charge in [0.25, 0.3) is 0 Å². The first kappa shape index (κ1) is 19.7. The summed E-state index contributed by atoms with van der Waals surface area (Å²) in [7, 11) is -1.68. The largest absolute Gasteiger partial charge is 0.414 e. The molecule has 0 aromatic carbocycles. The summed E-state index contributed by atoms with van der Waals surface area (Å²) in [5, 5.41) is 0.304. The molecule has 0 radical (unpaired) electrons. The Labute approximate surface area is 158 Å². The van der Waals surface area contributed by atoms with Crippen molar-refractivity contribution in [2.24, 2.45) is 11.3 Å². The molecule has 132 valence electrons. The average Bonchev–Trinajstić information content (AvgIpc) is 2.76. The number of rotatable bonds is 4. The van der Waals surface area contributed by atoms with Gasteiger partial charge in [-0.25, -0.2) is 0 Å². The molecule has 2 saturated carbocycles. The predicted molar refractivity (Wildman–Crippen MR) is 112 cm³/mol. The van der Waals surface area contributed by atoms with Crippen molar-refractivity contribution in [3.05, 3.63) is 17.4 Å². The van der Waals surface area contributed by atoms with Crippen molar-refractivity contribution in [1.29, 1.82) is 0 Å². The summed E-state index contributed by atoms with van der Waals surface area (Å²) in [6.07, 6.45) is 10.3. The van der Waals surface area contributed by atoms with Crippen LogP contribution in [0.3, 0.4) is 0 Å². The molecule has 0 aromatic rings. The van der Waals surface area contributed by atoms with Crippen LogP contribution in [0.15, 0.2) is 17.4 Å². The molecular weight excluding hydrogens is 411 g/mol. The molecule has 0 heterocycles. The molecule has 0 amide bonds. The van der Waals surface area contributed by atoms with Crippen LogP contribution in [0.5, 0.6) is 0 Å². The van der Waals surface area contributed by atoms with Crippen molar-refractivity contribution >= 4 is 30.9 Å². The molecule has 0 saturated heterocycles. The van der Waals surface area contributed by atoms with Gasteiger partial charge >= 0.3 is 0 Å². The maximum absolute atomic E-state index is 6.88. The molecule has 0 bridgehead atoms. The summed E-state index contributed by atoms with van der Waals surface area (Å²) in [6.45, 7) is 14.4. The molecule has 3 heteroatoms. The second kappa shape index (κ2) is 7.35. The lowest BCUT2D eigenvalue weighted by Gasteiger charge is -2.47. The maximum atomic E-state index is 6.88. The summed E-state index contributed by atoms with van der Waals surface area (Å²) in [5.74, 6) is 0.709.